The highest BCUT2D eigenvalue weighted by atomic mass is 16.5. The Labute approximate surface area is 118 Å². The third kappa shape index (κ3) is 6.63. The van der Waals surface area contributed by atoms with E-state index in [1.807, 2.05) is 7.05 Å². The molecular formula is C17H29NO. The van der Waals surface area contributed by atoms with Gasteiger partial charge in [-0.25, -0.2) is 0 Å². The van der Waals surface area contributed by atoms with Crippen molar-refractivity contribution in [1.29, 1.82) is 0 Å². The van der Waals surface area contributed by atoms with Gasteiger partial charge in [-0.15, -0.1) is 0 Å². The fourth-order valence-corrected chi connectivity index (χ4v) is 2.21. The molecule has 108 valence electrons. The van der Waals surface area contributed by atoms with Crippen molar-refractivity contribution >= 4 is 0 Å². The van der Waals surface area contributed by atoms with Crippen LogP contribution in [0.1, 0.15) is 51.5 Å². The average molecular weight is 263 g/mol. The SMILES string of the molecule is CCCCc1ccc(OCCCC(CC)NC)cc1. The van der Waals surface area contributed by atoms with Gasteiger partial charge in [0.05, 0.1) is 6.61 Å². The molecule has 0 aliphatic carbocycles. The van der Waals surface area contributed by atoms with Gasteiger partial charge in [-0.2, -0.15) is 0 Å². The second kappa shape index (κ2) is 9.85. The molecule has 0 aliphatic heterocycles. The summed E-state index contributed by atoms with van der Waals surface area (Å²) in [5, 5.41) is 3.32. The minimum atomic E-state index is 0.625. The molecule has 0 saturated heterocycles. The molecule has 2 heteroatoms. The van der Waals surface area contributed by atoms with Gasteiger partial charge in [-0.3, -0.25) is 0 Å². The van der Waals surface area contributed by atoms with E-state index in [0.29, 0.717) is 6.04 Å². The van der Waals surface area contributed by atoms with Crippen LogP contribution in [0.5, 0.6) is 5.75 Å². The Morgan fingerprint density at radius 1 is 1.11 bits per heavy atom. The molecule has 1 N–H and O–H groups in total. The summed E-state index contributed by atoms with van der Waals surface area (Å²) in [5.74, 6) is 0.998. The van der Waals surface area contributed by atoms with Gasteiger partial charge < -0.3 is 10.1 Å². The molecule has 0 fully saturated rings. The van der Waals surface area contributed by atoms with Crippen LogP contribution in [-0.2, 0) is 6.42 Å². The quantitative estimate of drug-likeness (QED) is 0.639. The number of aryl methyl sites for hydroxylation is 1. The molecule has 1 aromatic carbocycles. The largest absolute Gasteiger partial charge is 0.494 e. The minimum Gasteiger partial charge on any atom is -0.494 e. The van der Waals surface area contributed by atoms with Crippen LogP contribution in [0.25, 0.3) is 0 Å². The topological polar surface area (TPSA) is 21.3 Å². The monoisotopic (exact) mass is 263 g/mol. The zero-order chi connectivity index (χ0) is 13.9. The van der Waals surface area contributed by atoms with E-state index >= 15 is 0 Å². The van der Waals surface area contributed by atoms with E-state index in [1.165, 1.54) is 37.7 Å². The highest BCUT2D eigenvalue weighted by Crippen LogP contribution is 2.14. The average Bonchev–Trinajstić information content (AvgIpc) is 2.46. The number of unbranched alkanes of at least 4 members (excludes halogenated alkanes) is 1. The Hall–Kier alpha value is -1.02. The van der Waals surface area contributed by atoms with Crippen molar-refractivity contribution in [1.82, 2.24) is 5.32 Å². The number of benzene rings is 1. The van der Waals surface area contributed by atoms with Gasteiger partial charge in [0, 0.05) is 6.04 Å². The Morgan fingerprint density at radius 2 is 1.84 bits per heavy atom. The minimum absolute atomic E-state index is 0.625. The molecule has 0 bridgehead atoms. The van der Waals surface area contributed by atoms with E-state index in [0.717, 1.165) is 18.8 Å². The summed E-state index contributed by atoms with van der Waals surface area (Å²) in [6.07, 6.45) is 7.17. The zero-order valence-electron chi connectivity index (χ0n) is 12.7. The van der Waals surface area contributed by atoms with Crippen molar-refractivity contribution in [3.05, 3.63) is 29.8 Å². The van der Waals surface area contributed by atoms with Crippen LogP contribution in [0.15, 0.2) is 24.3 Å². The van der Waals surface area contributed by atoms with Crippen LogP contribution in [0.3, 0.4) is 0 Å². The second-order valence-electron chi connectivity index (χ2n) is 5.13. The number of hydrogen-bond donors (Lipinski definition) is 1. The van der Waals surface area contributed by atoms with E-state index in [2.05, 4.69) is 43.4 Å². The number of rotatable bonds is 10. The molecule has 0 saturated carbocycles. The summed E-state index contributed by atoms with van der Waals surface area (Å²) in [6.45, 7) is 5.26. The highest BCUT2D eigenvalue weighted by molar-refractivity contribution is 5.27. The summed E-state index contributed by atoms with van der Waals surface area (Å²) >= 11 is 0. The van der Waals surface area contributed by atoms with Gasteiger partial charge in [-0.1, -0.05) is 32.4 Å². The first-order valence-electron chi connectivity index (χ1n) is 7.69. The van der Waals surface area contributed by atoms with Gasteiger partial charge in [0.2, 0.25) is 0 Å². The molecule has 0 spiro atoms. The van der Waals surface area contributed by atoms with Crippen molar-refractivity contribution in [3.8, 4) is 5.75 Å². The molecule has 1 unspecified atom stereocenters. The maximum atomic E-state index is 5.78. The van der Waals surface area contributed by atoms with Crippen LogP contribution >= 0.6 is 0 Å². The Morgan fingerprint density at radius 3 is 2.42 bits per heavy atom. The van der Waals surface area contributed by atoms with Crippen molar-refractivity contribution in [3.63, 3.8) is 0 Å². The Balaban J connectivity index is 2.22. The maximum Gasteiger partial charge on any atom is 0.119 e. The first kappa shape index (κ1) is 16.0. The smallest absolute Gasteiger partial charge is 0.119 e. The summed E-state index contributed by atoms with van der Waals surface area (Å²) in [5.41, 5.74) is 1.41. The molecule has 19 heavy (non-hydrogen) atoms. The van der Waals surface area contributed by atoms with Crippen molar-refractivity contribution in [2.24, 2.45) is 0 Å². The van der Waals surface area contributed by atoms with Crippen molar-refractivity contribution in [2.45, 2.75) is 58.4 Å². The third-order valence-electron chi connectivity index (χ3n) is 3.61. The fraction of sp³-hybridized carbons (Fsp3) is 0.647. The second-order valence-corrected chi connectivity index (χ2v) is 5.13. The highest BCUT2D eigenvalue weighted by Gasteiger charge is 2.02. The lowest BCUT2D eigenvalue weighted by atomic mass is 10.1. The number of nitrogens with one attached hydrogen (secondary N) is 1. The van der Waals surface area contributed by atoms with Gasteiger partial charge >= 0.3 is 0 Å². The predicted octanol–water partition coefficient (Wildman–Crippen LogP) is 4.19. The first-order valence-corrected chi connectivity index (χ1v) is 7.69. The van der Waals surface area contributed by atoms with Crippen molar-refractivity contribution in [2.75, 3.05) is 13.7 Å². The zero-order valence-corrected chi connectivity index (χ0v) is 12.7. The maximum absolute atomic E-state index is 5.78. The molecule has 0 amide bonds. The van der Waals surface area contributed by atoms with E-state index in [4.69, 9.17) is 4.74 Å². The van der Waals surface area contributed by atoms with Crippen LogP contribution < -0.4 is 10.1 Å². The molecule has 1 atom stereocenters. The van der Waals surface area contributed by atoms with Gasteiger partial charge in [-0.05, 0) is 56.8 Å². The standard InChI is InChI=1S/C17H29NO/c1-4-6-8-15-10-12-17(13-11-15)19-14-7-9-16(5-2)18-3/h10-13,16,18H,4-9,14H2,1-3H3. The van der Waals surface area contributed by atoms with Crippen LogP contribution in [-0.4, -0.2) is 19.7 Å². The van der Waals surface area contributed by atoms with E-state index in [1.54, 1.807) is 0 Å². The van der Waals surface area contributed by atoms with Gasteiger partial charge in [0.15, 0.2) is 0 Å². The molecule has 0 aliphatic rings. The molecule has 0 heterocycles. The summed E-state index contributed by atoms with van der Waals surface area (Å²) in [6, 6.07) is 9.20. The molecule has 0 radical (unpaired) electrons. The van der Waals surface area contributed by atoms with Gasteiger partial charge in [0.25, 0.3) is 0 Å². The normalized spacial score (nSPS) is 12.4. The number of ether oxygens (including phenoxy) is 1. The Kier molecular flexibility index (Phi) is 8.31. The summed E-state index contributed by atoms with van der Waals surface area (Å²) in [4.78, 5) is 0. The molecular weight excluding hydrogens is 234 g/mol. The fourth-order valence-electron chi connectivity index (χ4n) is 2.21. The molecule has 0 aromatic heterocycles. The third-order valence-corrected chi connectivity index (χ3v) is 3.61. The van der Waals surface area contributed by atoms with Crippen LogP contribution in [0.2, 0.25) is 0 Å². The lowest BCUT2D eigenvalue weighted by Crippen LogP contribution is -2.24. The lowest BCUT2D eigenvalue weighted by Gasteiger charge is -2.13. The predicted molar refractivity (Wildman–Crippen MR) is 82.9 cm³/mol. The van der Waals surface area contributed by atoms with Crippen molar-refractivity contribution < 1.29 is 4.74 Å². The first-order chi connectivity index (χ1) is 9.30. The molecule has 1 aromatic rings. The molecule has 2 nitrogen and oxygen atoms in total. The Bertz CT molecular complexity index is 317. The van der Waals surface area contributed by atoms with E-state index < -0.39 is 0 Å². The van der Waals surface area contributed by atoms with Crippen LogP contribution in [0.4, 0.5) is 0 Å². The number of hydrogen-bond acceptors (Lipinski definition) is 2. The van der Waals surface area contributed by atoms with E-state index in [-0.39, 0.29) is 0 Å². The lowest BCUT2D eigenvalue weighted by molar-refractivity contribution is 0.296. The molecule has 1 rings (SSSR count). The summed E-state index contributed by atoms with van der Waals surface area (Å²) in [7, 11) is 2.03. The summed E-state index contributed by atoms with van der Waals surface area (Å²) < 4.78 is 5.78. The van der Waals surface area contributed by atoms with Crippen LogP contribution in [0, 0.1) is 0 Å². The van der Waals surface area contributed by atoms with E-state index in [9.17, 15) is 0 Å². The van der Waals surface area contributed by atoms with Gasteiger partial charge in [0.1, 0.15) is 5.75 Å².